The third kappa shape index (κ3) is 4.83. The average molecular weight is 395 g/mol. The van der Waals surface area contributed by atoms with Crippen LogP contribution in [-0.4, -0.2) is 42.3 Å². The minimum atomic E-state index is -0.862. The first-order chi connectivity index (χ1) is 14.1. The summed E-state index contributed by atoms with van der Waals surface area (Å²) in [4.78, 5) is 39.4. The predicted molar refractivity (Wildman–Crippen MR) is 108 cm³/mol. The van der Waals surface area contributed by atoms with Crippen LogP contribution in [0.15, 0.2) is 59.2 Å². The highest BCUT2D eigenvalue weighted by Crippen LogP contribution is 2.36. The van der Waals surface area contributed by atoms with Gasteiger partial charge in [-0.3, -0.25) is 14.4 Å². The summed E-state index contributed by atoms with van der Waals surface area (Å²) in [7, 11) is 0. The summed E-state index contributed by atoms with van der Waals surface area (Å²) in [6.45, 7) is 2.60. The molecule has 0 N–H and O–H groups in total. The lowest BCUT2D eigenvalue weighted by Crippen LogP contribution is -2.52. The molecule has 0 unspecified atom stereocenters. The standard InChI is InChI=1S/C23H25NO5/c1-2-28-22(27)23(13-6-11-18-9-4-3-5-10-18)14-8-15-24(17-23)21(26)20(25)19-12-7-16-29-19/h3-7,9-12,16H,2,8,13-15,17H2,1H3/b11-6+/t23-/m0/s1. The van der Waals surface area contributed by atoms with Crippen LogP contribution in [0.2, 0.25) is 0 Å². The number of carbonyl (C=O) groups is 3. The summed E-state index contributed by atoms with van der Waals surface area (Å²) in [5.74, 6) is -1.68. The first-order valence-corrected chi connectivity index (χ1v) is 9.82. The van der Waals surface area contributed by atoms with Crippen molar-refractivity contribution in [3.63, 3.8) is 0 Å². The number of amides is 1. The van der Waals surface area contributed by atoms with E-state index < -0.39 is 17.1 Å². The van der Waals surface area contributed by atoms with Crippen LogP contribution >= 0.6 is 0 Å². The average Bonchev–Trinajstić information content (AvgIpc) is 3.29. The number of hydrogen-bond donors (Lipinski definition) is 0. The summed E-state index contributed by atoms with van der Waals surface area (Å²) in [6, 6.07) is 12.8. The van der Waals surface area contributed by atoms with E-state index in [2.05, 4.69) is 0 Å². The lowest BCUT2D eigenvalue weighted by atomic mass is 9.76. The van der Waals surface area contributed by atoms with Crippen molar-refractivity contribution in [3.05, 3.63) is 66.1 Å². The minimum absolute atomic E-state index is 0.00582. The molecule has 29 heavy (non-hydrogen) atoms. The van der Waals surface area contributed by atoms with Crippen molar-refractivity contribution in [2.45, 2.75) is 26.2 Å². The Labute approximate surface area is 170 Å². The third-order valence-corrected chi connectivity index (χ3v) is 5.13. The maximum Gasteiger partial charge on any atom is 0.314 e. The molecule has 0 radical (unpaired) electrons. The topological polar surface area (TPSA) is 76.8 Å². The Morgan fingerprint density at radius 2 is 1.97 bits per heavy atom. The Morgan fingerprint density at radius 1 is 1.17 bits per heavy atom. The van der Waals surface area contributed by atoms with Gasteiger partial charge in [0.15, 0.2) is 5.76 Å². The van der Waals surface area contributed by atoms with Gasteiger partial charge in [-0.1, -0.05) is 42.5 Å². The van der Waals surface area contributed by atoms with Gasteiger partial charge in [-0.15, -0.1) is 0 Å². The highest BCUT2D eigenvalue weighted by atomic mass is 16.5. The number of hydrogen-bond acceptors (Lipinski definition) is 5. The van der Waals surface area contributed by atoms with Crippen molar-refractivity contribution in [2.75, 3.05) is 19.7 Å². The number of benzene rings is 1. The quantitative estimate of drug-likeness (QED) is 0.405. The number of piperidine rings is 1. The highest BCUT2D eigenvalue weighted by Gasteiger charge is 2.45. The van der Waals surface area contributed by atoms with Crippen LogP contribution < -0.4 is 0 Å². The molecule has 6 heteroatoms. The van der Waals surface area contributed by atoms with E-state index in [-0.39, 0.29) is 24.9 Å². The van der Waals surface area contributed by atoms with Gasteiger partial charge in [0.1, 0.15) is 0 Å². The number of esters is 1. The summed E-state index contributed by atoms with van der Waals surface area (Å²) in [5.41, 5.74) is 0.168. The molecule has 1 aromatic heterocycles. The summed E-state index contributed by atoms with van der Waals surface area (Å²) >= 11 is 0. The van der Waals surface area contributed by atoms with E-state index in [1.54, 1.807) is 13.0 Å². The van der Waals surface area contributed by atoms with Gasteiger partial charge in [-0.05, 0) is 43.9 Å². The molecule has 0 aliphatic carbocycles. The number of ether oxygens (including phenoxy) is 1. The molecule has 3 rings (SSSR count). The van der Waals surface area contributed by atoms with E-state index in [0.29, 0.717) is 25.8 Å². The molecule has 152 valence electrons. The number of nitrogens with zero attached hydrogens (tertiary/aromatic N) is 1. The van der Waals surface area contributed by atoms with E-state index in [1.807, 2.05) is 42.5 Å². The summed E-state index contributed by atoms with van der Waals surface area (Å²) in [6.07, 6.45) is 6.90. The van der Waals surface area contributed by atoms with Crippen LogP contribution in [0, 0.1) is 5.41 Å². The monoisotopic (exact) mass is 395 g/mol. The van der Waals surface area contributed by atoms with Gasteiger partial charge in [0.2, 0.25) is 0 Å². The molecule has 1 aliphatic rings. The van der Waals surface area contributed by atoms with Crippen LogP contribution in [0.4, 0.5) is 0 Å². The maximum absolute atomic E-state index is 12.8. The van der Waals surface area contributed by atoms with Crippen LogP contribution in [-0.2, 0) is 14.3 Å². The first-order valence-electron chi connectivity index (χ1n) is 9.82. The van der Waals surface area contributed by atoms with E-state index in [4.69, 9.17) is 9.15 Å². The molecular formula is C23H25NO5. The number of furan rings is 1. The highest BCUT2D eigenvalue weighted by molar-refractivity contribution is 6.41. The summed E-state index contributed by atoms with van der Waals surface area (Å²) < 4.78 is 10.4. The summed E-state index contributed by atoms with van der Waals surface area (Å²) in [5, 5.41) is 0. The van der Waals surface area contributed by atoms with Crippen LogP contribution in [0.25, 0.3) is 6.08 Å². The molecule has 6 nitrogen and oxygen atoms in total. The van der Waals surface area contributed by atoms with Gasteiger partial charge in [0, 0.05) is 13.1 Å². The fourth-order valence-electron chi connectivity index (χ4n) is 3.65. The SMILES string of the molecule is CCOC(=O)[C@@]1(C/C=C/c2ccccc2)CCCN(C(=O)C(=O)c2ccco2)C1. The van der Waals surface area contributed by atoms with Crippen molar-refractivity contribution in [1.29, 1.82) is 0 Å². The van der Waals surface area contributed by atoms with Crippen LogP contribution in [0.5, 0.6) is 0 Å². The second-order valence-electron chi connectivity index (χ2n) is 7.15. The molecule has 1 atom stereocenters. The molecule has 1 fully saturated rings. The Kier molecular flexibility index (Phi) is 6.65. The van der Waals surface area contributed by atoms with Gasteiger partial charge in [-0.25, -0.2) is 0 Å². The van der Waals surface area contributed by atoms with Gasteiger partial charge < -0.3 is 14.1 Å². The number of ketones is 1. The molecule has 1 amide bonds. The van der Waals surface area contributed by atoms with E-state index >= 15 is 0 Å². The second-order valence-corrected chi connectivity index (χ2v) is 7.15. The number of rotatable bonds is 7. The van der Waals surface area contributed by atoms with E-state index in [0.717, 1.165) is 5.56 Å². The zero-order valence-corrected chi connectivity index (χ0v) is 16.5. The second kappa shape index (κ2) is 9.37. The molecule has 2 heterocycles. The van der Waals surface area contributed by atoms with E-state index in [1.165, 1.54) is 17.2 Å². The molecule has 1 aromatic carbocycles. The fraction of sp³-hybridized carbons (Fsp3) is 0.348. The maximum atomic E-state index is 12.8. The number of carbonyl (C=O) groups excluding carboxylic acids is 3. The van der Waals surface area contributed by atoms with Gasteiger partial charge in [0.05, 0.1) is 18.3 Å². The van der Waals surface area contributed by atoms with Gasteiger partial charge >= 0.3 is 5.97 Å². The van der Waals surface area contributed by atoms with Crippen molar-refractivity contribution >= 4 is 23.7 Å². The molecule has 0 spiro atoms. The number of Topliss-reactive ketones (excluding diaryl/α,β-unsaturated/α-hetero) is 1. The Bertz CT molecular complexity index is 872. The smallest absolute Gasteiger partial charge is 0.314 e. The largest absolute Gasteiger partial charge is 0.466 e. The van der Waals surface area contributed by atoms with Crippen molar-refractivity contribution in [3.8, 4) is 0 Å². The Hall–Kier alpha value is -3.15. The molecule has 1 saturated heterocycles. The molecule has 2 aromatic rings. The molecule has 0 saturated carbocycles. The van der Waals surface area contributed by atoms with Crippen LogP contribution in [0.1, 0.15) is 42.3 Å². The van der Waals surface area contributed by atoms with E-state index in [9.17, 15) is 14.4 Å². The molecule has 0 bridgehead atoms. The fourth-order valence-corrected chi connectivity index (χ4v) is 3.65. The Balaban J connectivity index is 1.78. The zero-order valence-electron chi connectivity index (χ0n) is 16.5. The third-order valence-electron chi connectivity index (χ3n) is 5.13. The van der Waals surface area contributed by atoms with Crippen molar-refractivity contribution < 1.29 is 23.5 Å². The minimum Gasteiger partial charge on any atom is -0.466 e. The number of allylic oxidation sites excluding steroid dienone is 1. The molecule has 1 aliphatic heterocycles. The van der Waals surface area contributed by atoms with Crippen molar-refractivity contribution in [2.24, 2.45) is 5.41 Å². The Morgan fingerprint density at radius 3 is 2.66 bits per heavy atom. The zero-order chi connectivity index (χ0) is 20.7. The lowest BCUT2D eigenvalue weighted by Gasteiger charge is -2.40. The lowest BCUT2D eigenvalue weighted by molar-refractivity contribution is -0.160. The first kappa shape index (κ1) is 20.6. The number of likely N-dealkylation sites (tertiary alicyclic amines) is 1. The normalized spacial score (nSPS) is 19.3. The molecular weight excluding hydrogens is 370 g/mol. The van der Waals surface area contributed by atoms with Crippen LogP contribution in [0.3, 0.4) is 0 Å². The predicted octanol–water partition coefficient (Wildman–Crippen LogP) is 3.74. The van der Waals surface area contributed by atoms with Crippen molar-refractivity contribution in [1.82, 2.24) is 4.90 Å². The van der Waals surface area contributed by atoms with Gasteiger partial charge in [0.25, 0.3) is 11.7 Å². The van der Waals surface area contributed by atoms with Gasteiger partial charge in [-0.2, -0.15) is 0 Å².